The molecule has 4 nitrogen and oxygen atoms in total. The van der Waals surface area contributed by atoms with E-state index in [1.54, 1.807) is 0 Å². The summed E-state index contributed by atoms with van der Waals surface area (Å²) < 4.78 is 11.4. The summed E-state index contributed by atoms with van der Waals surface area (Å²) in [6.07, 6.45) is 3.69. The van der Waals surface area contributed by atoms with Crippen LogP contribution in [0.5, 0.6) is 5.75 Å². The van der Waals surface area contributed by atoms with Crippen molar-refractivity contribution in [1.29, 1.82) is 0 Å². The van der Waals surface area contributed by atoms with Gasteiger partial charge < -0.3 is 15.2 Å². The molecule has 1 heterocycles. The van der Waals surface area contributed by atoms with Gasteiger partial charge in [0.15, 0.2) is 0 Å². The molecule has 2 rings (SSSR count). The summed E-state index contributed by atoms with van der Waals surface area (Å²) in [5.41, 5.74) is 7.22. The summed E-state index contributed by atoms with van der Waals surface area (Å²) in [4.78, 5) is 2.30. The van der Waals surface area contributed by atoms with Crippen LogP contribution in [0.25, 0.3) is 0 Å². The smallest absolute Gasteiger partial charge is 0.119 e. The first-order chi connectivity index (χ1) is 10.2. The molecule has 0 spiro atoms. The molecule has 2 atom stereocenters. The van der Waals surface area contributed by atoms with Gasteiger partial charge in [-0.2, -0.15) is 0 Å². The van der Waals surface area contributed by atoms with Crippen molar-refractivity contribution < 1.29 is 9.47 Å². The minimum Gasteiger partial charge on any atom is -0.494 e. The van der Waals surface area contributed by atoms with E-state index < -0.39 is 0 Å². The number of hydrogen-bond donors (Lipinski definition) is 1. The van der Waals surface area contributed by atoms with Crippen LogP contribution in [-0.4, -0.2) is 44.4 Å². The first-order valence-electron chi connectivity index (χ1n) is 7.99. The molecule has 21 heavy (non-hydrogen) atoms. The lowest BCUT2D eigenvalue weighted by Gasteiger charge is -2.29. The van der Waals surface area contributed by atoms with Crippen molar-refractivity contribution in [3.8, 4) is 5.75 Å². The molecule has 2 unspecified atom stereocenters. The Morgan fingerprint density at radius 1 is 1.48 bits per heavy atom. The van der Waals surface area contributed by atoms with Crippen LogP contribution in [-0.2, 0) is 4.74 Å². The highest BCUT2D eigenvalue weighted by atomic mass is 16.5. The lowest BCUT2D eigenvalue weighted by atomic mass is 10.0. The average molecular weight is 292 g/mol. The van der Waals surface area contributed by atoms with E-state index in [1.165, 1.54) is 12.0 Å². The van der Waals surface area contributed by atoms with Gasteiger partial charge in [-0.15, -0.1) is 0 Å². The van der Waals surface area contributed by atoms with Crippen molar-refractivity contribution in [3.63, 3.8) is 0 Å². The van der Waals surface area contributed by atoms with Gasteiger partial charge in [0, 0.05) is 25.7 Å². The predicted molar refractivity (Wildman–Crippen MR) is 85.6 cm³/mol. The molecule has 1 aliphatic heterocycles. The second-order valence-electron chi connectivity index (χ2n) is 5.75. The zero-order valence-corrected chi connectivity index (χ0v) is 13.3. The van der Waals surface area contributed by atoms with Crippen molar-refractivity contribution >= 4 is 0 Å². The van der Waals surface area contributed by atoms with Crippen LogP contribution < -0.4 is 10.5 Å². The van der Waals surface area contributed by atoms with Crippen LogP contribution in [0.1, 0.15) is 37.8 Å². The van der Waals surface area contributed by atoms with Crippen molar-refractivity contribution in [2.45, 2.75) is 38.3 Å². The van der Waals surface area contributed by atoms with Crippen LogP contribution in [0.4, 0.5) is 0 Å². The van der Waals surface area contributed by atoms with E-state index in [1.807, 2.05) is 12.1 Å². The van der Waals surface area contributed by atoms with E-state index in [4.69, 9.17) is 15.2 Å². The molecule has 0 aliphatic carbocycles. The Labute approximate surface area is 128 Å². The van der Waals surface area contributed by atoms with Crippen LogP contribution in [0.2, 0.25) is 0 Å². The van der Waals surface area contributed by atoms with Crippen LogP contribution >= 0.6 is 0 Å². The molecule has 1 saturated heterocycles. The van der Waals surface area contributed by atoms with E-state index in [0.717, 1.165) is 38.3 Å². The number of ether oxygens (including phenoxy) is 2. The summed E-state index contributed by atoms with van der Waals surface area (Å²) >= 11 is 0. The van der Waals surface area contributed by atoms with Crippen molar-refractivity contribution in [2.24, 2.45) is 5.73 Å². The van der Waals surface area contributed by atoms with Gasteiger partial charge in [0.05, 0.1) is 12.7 Å². The topological polar surface area (TPSA) is 47.7 Å². The largest absolute Gasteiger partial charge is 0.494 e. The lowest BCUT2D eigenvalue weighted by Crippen LogP contribution is -2.36. The first kappa shape index (κ1) is 16.3. The first-order valence-corrected chi connectivity index (χ1v) is 7.99. The quantitative estimate of drug-likeness (QED) is 0.800. The van der Waals surface area contributed by atoms with Crippen molar-refractivity contribution in [1.82, 2.24) is 4.90 Å². The molecule has 1 fully saturated rings. The van der Waals surface area contributed by atoms with E-state index in [-0.39, 0.29) is 6.04 Å². The van der Waals surface area contributed by atoms with Gasteiger partial charge in [-0.05, 0) is 44.0 Å². The predicted octanol–water partition coefficient (Wildman–Crippen LogP) is 2.59. The Bertz CT molecular complexity index is 419. The fourth-order valence-corrected chi connectivity index (χ4v) is 2.84. The maximum Gasteiger partial charge on any atom is 0.119 e. The third-order valence-electron chi connectivity index (χ3n) is 3.99. The molecule has 1 aromatic rings. The molecule has 1 aromatic carbocycles. The third-order valence-corrected chi connectivity index (χ3v) is 3.99. The molecule has 0 amide bonds. The van der Waals surface area contributed by atoms with E-state index in [2.05, 4.69) is 31.0 Å². The maximum atomic E-state index is 6.01. The molecule has 0 aromatic heterocycles. The highest BCUT2D eigenvalue weighted by Crippen LogP contribution is 2.24. The minimum absolute atomic E-state index is 0.208. The van der Waals surface area contributed by atoms with Gasteiger partial charge in [-0.25, -0.2) is 0 Å². The molecular weight excluding hydrogens is 264 g/mol. The summed E-state index contributed by atoms with van der Waals surface area (Å²) in [6, 6.07) is 8.50. The molecule has 118 valence electrons. The number of nitrogens with two attached hydrogens (primary N) is 1. The SMILES string of the molecule is CCCOc1cccc(C(CN)N(C)CC2CCCO2)c1. The molecule has 2 N–H and O–H groups in total. The van der Waals surface area contributed by atoms with Gasteiger partial charge >= 0.3 is 0 Å². The average Bonchev–Trinajstić information content (AvgIpc) is 2.99. The second-order valence-corrected chi connectivity index (χ2v) is 5.75. The monoisotopic (exact) mass is 292 g/mol. The Morgan fingerprint density at radius 2 is 2.33 bits per heavy atom. The summed E-state index contributed by atoms with van der Waals surface area (Å²) in [6.45, 7) is 5.29. The number of nitrogens with zero attached hydrogens (tertiary/aromatic N) is 1. The Balaban J connectivity index is 2.01. The van der Waals surface area contributed by atoms with Gasteiger partial charge in [0.25, 0.3) is 0 Å². The minimum atomic E-state index is 0.208. The summed E-state index contributed by atoms with van der Waals surface area (Å²) in [5.74, 6) is 0.929. The van der Waals surface area contributed by atoms with Crippen LogP contribution in [0, 0.1) is 0 Å². The van der Waals surface area contributed by atoms with E-state index >= 15 is 0 Å². The fourth-order valence-electron chi connectivity index (χ4n) is 2.84. The van der Waals surface area contributed by atoms with Crippen molar-refractivity contribution in [2.75, 3.05) is 33.4 Å². The number of benzene rings is 1. The fraction of sp³-hybridized carbons (Fsp3) is 0.647. The molecule has 0 radical (unpaired) electrons. The molecule has 4 heteroatoms. The number of hydrogen-bond acceptors (Lipinski definition) is 4. The van der Waals surface area contributed by atoms with Gasteiger partial charge in [0.2, 0.25) is 0 Å². The van der Waals surface area contributed by atoms with E-state index in [9.17, 15) is 0 Å². The van der Waals surface area contributed by atoms with Gasteiger partial charge in [-0.3, -0.25) is 4.90 Å². The third kappa shape index (κ3) is 4.70. The second kappa shape index (κ2) is 8.37. The normalized spacial score (nSPS) is 19.9. The van der Waals surface area contributed by atoms with Gasteiger partial charge in [0.1, 0.15) is 5.75 Å². The Hall–Kier alpha value is -1.10. The maximum absolute atomic E-state index is 6.01. The Kier molecular flexibility index (Phi) is 6.49. The number of rotatable bonds is 8. The summed E-state index contributed by atoms with van der Waals surface area (Å²) in [7, 11) is 2.12. The van der Waals surface area contributed by atoms with Crippen LogP contribution in [0.15, 0.2) is 24.3 Å². The summed E-state index contributed by atoms with van der Waals surface area (Å²) in [5, 5.41) is 0. The standard InChI is InChI=1S/C17H28N2O2/c1-3-9-20-15-7-4-6-14(11-15)17(12-18)19(2)13-16-8-5-10-21-16/h4,6-7,11,16-17H,3,5,8-10,12-13,18H2,1-2H3. The zero-order chi connectivity index (χ0) is 15.1. The van der Waals surface area contributed by atoms with E-state index in [0.29, 0.717) is 12.6 Å². The molecule has 0 saturated carbocycles. The van der Waals surface area contributed by atoms with Gasteiger partial charge in [-0.1, -0.05) is 19.1 Å². The van der Waals surface area contributed by atoms with Crippen LogP contribution in [0.3, 0.4) is 0 Å². The number of likely N-dealkylation sites (N-methyl/N-ethyl adjacent to an activating group) is 1. The lowest BCUT2D eigenvalue weighted by molar-refractivity contribution is 0.0689. The molecule has 0 bridgehead atoms. The zero-order valence-electron chi connectivity index (χ0n) is 13.3. The Morgan fingerprint density at radius 3 is 3.00 bits per heavy atom. The molecule has 1 aliphatic rings. The molecular formula is C17H28N2O2. The highest BCUT2D eigenvalue weighted by molar-refractivity contribution is 5.31. The highest BCUT2D eigenvalue weighted by Gasteiger charge is 2.22. The van der Waals surface area contributed by atoms with Crippen molar-refractivity contribution in [3.05, 3.63) is 29.8 Å².